The molecule has 0 unspecified atom stereocenters. The molecule has 0 spiro atoms. The summed E-state index contributed by atoms with van der Waals surface area (Å²) >= 11 is 0. The van der Waals surface area contributed by atoms with Gasteiger partial charge >= 0.3 is 5.97 Å². The van der Waals surface area contributed by atoms with Crippen LogP contribution in [0.3, 0.4) is 0 Å². The van der Waals surface area contributed by atoms with Crippen molar-refractivity contribution in [3.8, 4) is 5.75 Å². The van der Waals surface area contributed by atoms with Crippen molar-refractivity contribution in [3.05, 3.63) is 36.4 Å². The van der Waals surface area contributed by atoms with Crippen LogP contribution in [0.2, 0.25) is 0 Å². The fourth-order valence-corrected chi connectivity index (χ4v) is 1.03. The number of carbonyl (C=O) groups is 1. The highest BCUT2D eigenvalue weighted by molar-refractivity contribution is 5.86. The van der Waals surface area contributed by atoms with Gasteiger partial charge in [-0.1, -0.05) is 6.58 Å². The van der Waals surface area contributed by atoms with Crippen LogP contribution in [0.1, 0.15) is 6.92 Å². The molecule has 0 radical (unpaired) electrons. The molecule has 0 amide bonds. The van der Waals surface area contributed by atoms with Crippen LogP contribution in [0, 0.1) is 5.53 Å². The number of benzene rings is 1. The van der Waals surface area contributed by atoms with Gasteiger partial charge in [0, 0.05) is 5.57 Å². The predicted molar refractivity (Wildman–Crippen MR) is 62.5 cm³/mol. The van der Waals surface area contributed by atoms with Crippen LogP contribution in [0.15, 0.2) is 41.5 Å². The van der Waals surface area contributed by atoms with Gasteiger partial charge < -0.3 is 9.47 Å². The molecule has 1 aromatic carbocycles. The minimum absolute atomic E-state index is 0.177. The second-order valence-corrected chi connectivity index (χ2v) is 3.37. The number of hydrogen-bond acceptors (Lipinski definition) is 5. The van der Waals surface area contributed by atoms with Crippen molar-refractivity contribution in [1.82, 2.24) is 0 Å². The van der Waals surface area contributed by atoms with Crippen molar-refractivity contribution in [2.45, 2.75) is 6.92 Å². The molecule has 0 bridgehead atoms. The Hall–Kier alpha value is -2.17. The maximum atomic E-state index is 11.0. The molecule has 0 aliphatic carbocycles. The summed E-state index contributed by atoms with van der Waals surface area (Å²) in [5, 5.41) is 3.27. The molecule has 5 nitrogen and oxygen atoms in total. The maximum Gasteiger partial charge on any atom is 0.333 e. The minimum atomic E-state index is -0.419. The second kappa shape index (κ2) is 6.42. The Morgan fingerprint density at radius 2 is 2.00 bits per heavy atom. The van der Waals surface area contributed by atoms with Gasteiger partial charge in [0.05, 0.1) is 5.69 Å². The van der Waals surface area contributed by atoms with E-state index in [2.05, 4.69) is 11.7 Å². The molecule has 0 atom stereocenters. The zero-order valence-electron chi connectivity index (χ0n) is 9.60. The third-order valence-corrected chi connectivity index (χ3v) is 1.90. The molecule has 0 aliphatic rings. The van der Waals surface area contributed by atoms with E-state index in [1.807, 2.05) is 0 Å². The quantitative estimate of drug-likeness (QED) is 0.356. The molecule has 17 heavy (non-hydrogen) atoms. The molecular formula is C12H14N2O3. The van der Waals surface area contributed by atoms with Crippen LogP contribution >= 0.6 is 0 Å². The van der Waals surface area contributed by atoms with E-state index in [1.54, 1.807) is 31.2 Å². The molecule has 0 aliphatic heterocycles. The number of rotatable bonds is 6. The van der Waals surface area contributed by atoms with Gasteiger partial charge in [0.25, 0.3) is 0 Å². The van der Waals surface area contributed by atoms with E-state index < -0.39 is 5.97 Å². The lowest BCUT2D eigenvalue weighted by Gasteiger charge is -2.07. The van der Waals surface area contributed by atoms with Gasteiger partial charge in [-0.3, -0.25) is 0 Å². The largest absolute Gasteiger partial charge is 0.490 e. The van der Waals surface area contributed by atoms with Crippen LogP contribution in [-0.2, 0) is 9.53 Å². The Labute approximate surface area is 99.6 Å². The Morgan fingerprint density at radius 3 is 2.53 bits per heavy atom. The summed E-state index contributed by atoms with van der Waals surface area (Å²) in [5.74, 6) is 0.223. The summed E-state index contributed by atoms with van der Waals surface area (Å²) < 4.78 is 10.2. The second-order valence-electron chi connectivity index (χ2n) is 3.37. The van der Waals surface area contributed by atoms with Crippen molar-refractivity contribution in [2.75, 3.05) is 13.2 Å². The standard InChI is InChI=1S/C12H14N2O3/c1-9(2)12(15)17-8-7-16-11-5-3-10(14-13)4-6-11/h3-6,13H,1,7-8H2,2H3. The van der Waals surface area contributed by atoms with Crippen molar-refractivity contribution in [3.63, 3.8) is 0 Å². The zero-order chi connectivity index (χ0) is 12.7. The molecule has 0 aromatic heterocycles. The lowest BCUT2D eigenvalue weighted by molar-refractivity contribution is -0.139. The van der Waals surface area contributed by atoms with Gasteiger partial charge in [-0.05, 0) is 31.2 Å². The van der Waals surface area contributed by atoms with Gasteiger partial charge in [0.2, 0.25) is 0 Å². The SMILES string of the molecule is C=C(C)C(=O)OCCOc1ccc(N=N)cc1. The van der Waals surface area contributed by atoms with Crippen LogP contribution in [0.4, 0.5) is 5.69 Å². The monoisotopic (exact) mass is 234 g/mol. The first-order valence-corrected chi connectivity index (χ1v) is 5.06. The fourth-order valence-electron chi connectivity index (χ4n) is 1.03. The average Bonchev–Trinajstić information content (AvgIpc) is 2.35. The van der Waals surface area contributed by atoms with Crippen LogP contribution in [0.5, 0.6) is 5.75 Å². The number of hydrogen-bond donors (Lipinski definition) is 1. The minimum Gasteiger partial charge on any atom is -0.490 e. The molecule has 5 heteroatoms. The van der Waals surface area contributed by atoms with E-state index in [0.29, 0.717) is 17.0 Å². The predicted octanol–water partition coefficient (Wildman–Crippen LogP) is 2.85. The molecule has 0 saturated heterocycles. The topological polar surface area (TPSA) is 71.7 Å². The first-order chi connectivity index (χ1) is 8.13. The normalized spacial score (nSPS) is 9.47. The van der Waals surface area contributed by atoms with E-state index in [9.17, 15) is 4.79 Å². The Bertz CT molecular complexity index is 412. The molecule has 90 valence electrons. The average molecular weight is 234 g/mol. The smallest absolute Gasteiger partial charge is 0.333 e. The molecule has 1 N–H and O–H groups in total. The van der Waals surface area contributed by atoms with Gasteiger partial charge in [-0.25, -0.2) is 10.3 Å². The highest BCUT2D eigenvalue weighted by atomic mass is 16.6. The van der Waals surface area contributed by atoms with Crippen LogP contribution in [-0.4, -0.2) is 19.2 Å². The van der Waals surface area contributed by atoms with Crippen LogP contribution < -0.4 is 4.74 Å². The summed E-state index contributed by atoms with van der Waals surface area (Å²) in [7, 11) is 0. The molecular weight excluding hydrogens is 220 g/mol. The van der Waals surface area contributed by atoms with Gasteiger partial charge in [-0.2, -0.15) is 5.11 Å². The first kappa shape index (κ1) is 12.9. The number of nitrogens with zero attached hydrogens (tertiary/aromatic N) is 1. The highest BCUT2D eigenvalue weighted by Gasteiger charge is 2.02. The molecule has 1 rings (SSSR count). The zero-order valence-corrected chi connectivity index (χ0v) is 9.60. The van der Waals surface area contributed by atoms with E-state index >= 15 is 0 Å². The van der Waals surface area contributed by atoms with Gasteiger partial charge in [0.15, 0.2) is 0 Å². The van der Waals surface area contributed by atoms with Gasteiger partial charge in [0.1, 0.15) is 19.0 Å². The highest BCUT2D eigenvalue weighted by Crippen LogP contribution is 2.17. The first-order valence-electron chi connectivity index (χ1n) is 5.06. The van der Waals surface area contributed by atoms with Crippen molar-refractivity contribution < 1.29 is 14.3 Å². The van der Waals surface area contributed by atoms with Gasteiger partial charge in [-0.15, -0.1) is 0 Å². The number of nitrogens with one attached hydrogen (secondary N) is 1. The molecule has 0 fully saturated rings. The summed E-state index contributed by atoms with van der Waals surface area (Å²) in [4.78, 5) is 11.0. The maximum absolute atomic E-state index is 11.0. The van der Waals surface area contributed by atoms with Crippen LogP contribution in [0.25, 0.3) is 0 Å². The fraction of sp³-hybridized carbons (Fsp3) is 0.250. The lowest BCUT2D eigenvalue weighted by Crippen LogP contribution is -2.12. The number of ether oxygens (including phenoxy) is 2. The molecule has 1 aromatic rings. The van der Waals surface area contributed by atoms with Crippen molar-refractivity contribution in [1.29, 1.82) is 5.53 Å². The molecule has 0 heterocycles. The third kappa shape index (κ3) is 4.46. The van der Waals surface area contributed by atoms with Crippen molar-refractivity contribution in [2.24, 2.45) is 5.11 Å². The Balaban J connectivity index is 2.28. The number of esters is 1. The Kier molecular flexibility index (Phi) is 4.87. The van der Waals surface area contributed by atoms with Crippen molar-refractivity contribution >= 4 is 11.7 Å². The number of carbonyl (C=O) groups excluding carboxylic acids is 1. The Morgan fingerprint density at radius 1 is 1.35 bits per heavy atom. The third-order valence-electron chi connectivity index (χ3n) is 1.90. The van der Waals surface area contributed by atoms with E-state index in [4.69, 9.17) is 15.0 Å². The summed E-state index contributed by atoms with van der Waals surface area (Å²) in [5.41, 5.74) is 7.72. The lowest BCUT2D eigenvalue weighted by atomic mass is 10.3. The summed E-state index contributed by atoms with van der Waals surface area (Å²) in [6.07, 6.45) is 0. The summed E-state index contributed by atoms with van der Waals surface area (Å²) in [6, 6.07) is 6.74. The van der Waals surface area contributed by atoms with E-state index in [0.717, 1.165) is 0 Å². The van der Waals surface area contributed by atoms with E-state index in [1.165, 1.54) is 0 Å². The molecule has 0 saturated carbocycles. The summed E-state index contributed by atoms with van der Waals surface area (Å²) in [6.45, 7) is 5.51. The van der Waals surface area contributed by atoms with E-state index in [-0.39, 0.29) is 13.2 Å².